The molecule has 1 aliphatic rings. The van der Waals surface area contributed by atoms with Gasteiger partial charge in [-0.3, -0.25) is 4.40 Å². The summed E-state index contributed by atoms with van der Waals surface area (Å²) in [5.74, 6) is 1.85. The zero-order valence-electron chi connectivity index (χ0n) is 9.37. The van der Waals surface area contributed by atoms with Gasteiger partial charge in [0.15, 0.2) is 15.8 Å². The molecule has 98 valence electrons. The molecule has 2 aromatic heterocycles. The van der Waals surface area contributed by atoms with E-state index in [2.05, 4.69) is 9.71 Å². The fourth-order valence-corrected chi connectivity index (χ4v) is 5.47. The lowest BCUT2D eigenvalue weighted by Gasteiger charge is -2.11. The second-order valence-corrected chi connectivity index (χ2v) is 7.69. The molecule has 0 bridgehead atoms. The number of hydrogen-bond donors (Lipinski definition) is 2. The number of sulfonamides is 1. The fourth-order valence-electron chi connectivity index (χ4n) is 1.95. The zero-order valence-corrected chi connectivity index (χ0v) is 11.8. The Labute approximate surface area is 113 Å². The summed E-state index contributed by atoms with van der Waals surface area (Å²) in [5, 5.41) is 1.84. The summed E-state index contributed by atoms with van der Waals surface area (Å²) in [6.45, 7) is 0. The van der Waals surface area contributed by atoms with Gasteiger partial charge in [0.2, 0.25) is 0 Å². The Morgan fingerprint density at radius 1 is 1.56 bits per heavy atom. The average molecular weight is 304 g/mol. The van der Waals surface area contributed by atoms with Gasteiger partial charge in [0.25, 0.3) is 10.0 Å². The van der Waals surface area contributed by atoms with Crippen molar-refractivity contribution in [2.24, 2.45) is 0 Å². The van der Waals surface area contributed by atoms with Crippen LogP contribution in [0.2, 0.25) is 0 Å². The molecule has 9 heteroatoms. The highest BCUT2D eigenvalue weighted by Gasteiger charge is 2.28. The van der Waals surface area contributed by atoms with Crippen LogP contribution >= 0.6 is 23.1 Å². The normalized spacial score (nSPS) is 20.8. The van der Waals surface area contributed by atoms with Crippen LogP contribution in [0.5, 0.6) is 0 Å². The number of nitrogens with one attached hydrogen (secondary N) is 1. The number of thioether (sulfide) groups is 1. The second-order valence-electron chi connectivity index (χ2n) is 4.04. The highest BCUT2D eigenvalue weighted by molar-refractivity contribution is 7.99. The molecule has 3 heterocycles. The number of nitrogen functional groups attached to an aromatic ring is 1. The number of thiazole rings is 1. The lowest BCUT2D eigenvalue weighted by atomic mass is 10.3. The van der Waals surface area contributed by atoms with E-state index >= 15 is 0 Å². The Hall–Kier alpha value is -0.770. The van der Waals surface area contributed by atoms with Gasteiger partial charge < -0.3 is 5.73 Å². The molecule has 0 saturated carbocycles. The van der Waals surface area contributed by atoms with Crippen LogP contribution in [-0.2, 0) is 10.0 Å². The Morgan fingerprint density at radius 3 is 3.11 bits per heavy atom. The number of nitrogens with zero attached hydrogens (tertiary/aromatic N) is 2. The lowest BCUT2D eigenvalue weighted by molar-refractivity contribution is 0.559. The highest BCUT2D eigenvalue weighted by Crippen LogP contribution is 2.25. The number of nitrogens with two attached hydrogens (primary N) is 1. The zero-order chi connectivity index (χ0) is 12.8. The standard InChI is InChI=1S/C9H12N4O2S3/c10-7-8(13-2-4-17-9(13)11-7)18(14,15)12-6-1-3-16-5-6/h2,4,6,12H,1,3,5,10H2. The average Bonchev–Trinajstić information content (AvgIpc) is 2.92. The van der Waals surface area contributed by atoms with Crippen molar-refractivity contribution in [2.45, 2.75) is 17.5 Å². The predicted octanol–water partition coefficient (Wildman–Crippen LogP) is 0.762. The molecule has 1 atom stereocenters. The molecule has 6 nitrogen and oxygen atoms in total. The first-order valence-corrected chi connectivity index (χ1v) is 8.91. The number of imidazole rings is 1. The van der Waals surface area contributed by atoms with Crippen LogP contribution in [-0.4, -0.2) is 35.4 Å². The van der Waals surface area contributed by atoms with E-state index in [4.69, 9.17) is 5.73 Å². The van der Waals surface area contributed by atoms with Crippen LogP contribution in [0, 0.1) is 0 Å². The van der Waals surface area contributed by atoms with E-state index in [1.807, 2.05) is 0 Å². The van der Waals surface area contributed by atoms with Crippen molar-refractivity contribution >= 4 is 43.9 Å². The maximum atomic E-state index is 12.3. The molecule has 3 rings (SSSR count). The van der Waals surface area contributed by atoms with Gasteiger partial charge in [-0.1, -0.05) is 0 Å². The molecule has 18 heavy (non-hydrogen) atoms. The minimum Gasteiger partial charge on any atom is -0.381 e. The van der Waals surface area contributed by atoms with Crippen LogP contribution in [0.3, 0.4) is 0 Å². The molecule has 3 N–H and O–H groups in total. The third kappa shape index (κ3) is 2.00. The second kappa shape index (κ2) is 4.41. The monoisotopic (exact) mass is 304 g/mol. The molecule has 2 aromatic rings. The SMILES string of the molecule is Nc1nc2sccn2c1S(=O)(=O)NC1CCSC1. The van der Waals surface area contributed by atoms with Gasteiger partial charge in [0, 0.05) is 23.4 Å². The quantitative estimate of drug-likeness (QED) is 0.874. The van der Waals surface area contributed by atoms with E-state index in [0.29, 0.717) is 4.96 Å². The molecule has 1 saturated heterocycles. The van der Waals surface area contributed by atoms with Gasteiger partial charge in [-0.05, 0) is 12.2 Å². The summed E-state index contributed by atoms with van der Waals surface area (Å²) in [7, 11) is -3.61. The van der Waals surface area contributed by atoms with Crippen LogP contribution in [0.4, 0.5) is 5.82 Å². The van der Waals surface area contributed by atoms with E-state index < -0.39 is 10.0 Å². The maximum absolute atomic E-state index is 12.3. The minimum absolute atomic E-state index is 0.0106. The summed E-state index contributed by atoms with van der Waals surface area (Å²) in [6, 6.07) is -0.0106. The Balaban J connectivity index is 2.01. The molecular formula is C9H12N4O2S3. The molecule has 1 unspecified atom stereocenters. The lowest BCUT2D eigenvalue weighted by Crippen LogP contribution is -2.35. The number of rotatable bonds is 3. The molecule has 0 aromatic carbocycles. The number of aromatic nitrogens is 2. The van der Waals surface area contributed by atoms with E-state index in [9.17, 15) is 8.42 Å². The Kier molecular flexibility index (Phi) is 3.00. The summed E-state index contributed by atoms with van der Waals surface area (Å²) >= 11 is 3.11. The number of anilines is 1. The van der Waals surface area contributed by atoms with Gasteiger partial charge in [0.1, 0.15) is 0 Å². The summed E-state index contributed by atoms with van der Waals surface area (Å²) in [4.78, 5) is 4.64. The molecule has 1 fully saturated rings. The van der Waals surface area contributed by atoms with Crippen LogP contribution in [0.1, 0.15) is 6.42 Å². The maximum Gasteiger partial charge on any atom is 0.260 e. The summed E-state index contributed by atoms with van der Waals surface area (Å²) in [5.41, 5.74) is 5.71. The first-order valence-electron chi connectivity index (χ1n) is 5.39. The van der Waals surface area contributed by atoms with Crippen molar-refractivity contribution in [2.75, 3.05) is 17.2 Å². The smallest absolute Gasteiger partial charge is 0.260 e. The van der Waals surface area contributed by atoms with Gasteiger partial charge in [0.05, 0.1) is 0 Å². The van der Waals surface area contributed by atoms with E-state index in [1.165, 1.54) is 15.7 Å². The molecule has 1 aliphatic heterocycles. The van der Waals surface area contributed by atoms with Crippen LogP contribution < -0.4 is 10.5 Å². The predicted molar refractivity (Wildman–Crippen MR) is 73.5 cm³/mol. The summed E-state index contributed by atoms with van der Waals surface area (Å²) in [6.07, 6.45) is 2.52. The van der Waals surface area contributed by atoms with Crippen molar-refractivity contribution in [1.82, 2.24) is 14.1 Å². The van der Waals surface area contributed by atoms with Gasteiger partial charge in [-0.25, -0.2) is 18.1 Å². The largest absolute Gasteiger partial charge is 0.381 e. The molecule has 0 aliphatic carbocycles. The third-order valence-corrected chi connectivity index (χ3v) is 6.23. The van der Waals surface area contributed by atoms with Crippen LogP contribution in [0.15, 0.2) is 16.6 Å². The first kappa shape index (κ1) is 12.3. The third-order valence-electron chi connectivity index (χ3n) is 2.75. The van der Waals surface area contributed by atoms with Crippen LogP contribution in [0.25, 0.3) is 4.96 Å². The fraction of sp³-hybridized carbons (Fsp3) is 0.444. The first-order chi connectivity index (χ1) is 8.58. The van der Waals surface area contributed by atoms with E-state index in [0.717, 1.165) is 17.9 Å². The Bertz CT molecular complexity index is 669. The highest BCUT2D eigenvalue weighted by atomic mass is 32.2. The van der Waals surface area contributed by atoms with E-state index in [-0.39, 0.29) is 16.9 Å². The summed E-state index contributed by atoms with van der Waals surface area (Å²) < 4.78 is 28.9. The molecule has 0 radical (unpaired) electrons. The van der Waals surface area contributed by atoms with Crippen molar-refractivity contribution in [3.8, 4) is 0 Å². The minimum atomic E-state index is -3.61. The van der Waals surface area contributed by atoms with E-state index in [1.54, 1.807) is 23.3 Å². The molecule has 0 amide bonds. The van der Waals surface area contributed by atoms with Crippen molar-refractivity contribution in [3.63, 3.8) is 0 Å². The van der Waals surface area contributed by atoms with Crippen molar-refractivity contribution < 1.29 is 8.42 Å². The number of fused-ring (bicyclic) bond motifs is 1. The van der Waals surface area contributed by atoms with Gasteiger partial charge in [-0.15, -0.1) is 11.3 Å². The molecule has 0 spiro atoms. The number of hydrogen-bond acceptors (Lipinski definition) is 6. The van der Waals surface area contributed by atoms with Crippen molar-refractivity contribution in [3.05, 3.63) is 11.6 Å². The van der Waals surface area contributed by atoms with Gasteiger partial charge in [-0.2, -0.15) is 11.8 Å². The topological polar surface area (TPSA) is 89.5 Å². The van der Waals surface area contributed by atoms with Gasteiger partial charge >= 0.3 is 0 Å². The van der Waals surface area contributed by atoms with Crippen molar-refractivity contribution in [1.29, 1.82) is 0 Å². The molecular weight excluding hydrogens is 292 g/mol. The Morgan fingerprint density at radius 2 is 2.39 bits per heavy atom.